The second-order valence-corrected chi connectivity index (χ2v) is 7.89. The summed E-state index contributed by atoms with van der Waals surface area (Å²) in [5, 5.41) is 12.2. The summed E-state index contributed by atoms with van der Waals surface area (Å²) in [7, 11) is 0. The van der Waals surface area contributed by atoms with Crippen molar-refractivity contribution in [2.24, 2.45) is 0 Å². The zero-order valence-corrected chi connectivity index (χ0v) is 18.3. The molecule has 158 valence electrons. The number of hydrogen-bond donors (Lipinski definition) is 1. The lowest BCUT2D eigenvalue weighted by Gasteiger charge is -2.06. The van der Waals surface area contributed by atoms with Crippen molar-refractivity contribution < 1.29 is 4.79 Å². The third-order valence-corrected chi connectivity index (χ3v) is 5.49. The first-order valence-electron chi connectivity index (χ1n) is 10.2. The van der Waals surface area contributed by atoms with Gasteiger partial charge in [0.1, 0.15) is 5.15 Å². The van der Waals surface area contributed by atoms with Crippen LogP contribution in [0.2, 0.25) is 5.15 Å². The van der Waals surface area contributed by atoms with Crippen LogP contribution in [0.3, 0.4) is 0 Å². The molecule has 4 rings (SSSR count). The Labute approximate surface area is 186 Å². The third kappa shape index (κ3) is 4.86. The van der Waals surface area contributed by atoms with Crippen LogP contribution in [-0.4, -0.2) is 32.0 Å². The summed E-state index contributed by atoms with van der Waals surface area (Å²) < 4.78 is 3.49. The summed E-state index contributed by atoms with van der Waals surface area (Å²) in [5.41, 5.74) is 5.36. The second-order valence-electron chi connectivity index (χ2n) is 7.53. The van der Waals surface area contributed by atoms with Gasteiger partial charge in [0, 0.05) is 12.7 Å². The summed E-state index contributed by atoms with van der Waals surface area (Å²) in [6.07, 6.45) is 4.46. The molecule has 31 heavy (non-hydrogen) atoms. The van der Waals surface area contributed by atoms with Gasteiger partial charge < -0.3 is 5.32 Å². The Morgan fingerprint density at radius 2 is 1.77 bits per heavy atom. The van der Waals surface area contributed by atoms with Crippen molar-refractivity contribution >= 4 is 17.5 Å². The molecule has 0 bridgehead atoms. The summed E-state index contributed by atoms with van der Waals surface area (Å²) >= 11 is 6.50. The molecular weight excluding hydrogens is 410 g/mol. The third-order valence-electron chi connectivity index (χ3n) is 5.10. The predicted molar refractivity (Wildman–Crippen MR) is 122 cm³/mol. The smallest absolute Gasteiger partial charge is 0.256 e. The Morgan fingerprint density at radius 1 is 1.03 bits per heavy atom. The number of nitrogens with zero attached hydrogens (tertiary/aromatic N) is 4. The van der Waals surface area contributed by atoms with Gasteiger partial charge >= 0.3 is 0 Å². The number of rotatable bonds is 7. The standard InChI is InChI=1S/C24H24ClN5O/c1-17-8-10-19(11-9-17)15-30-23(25)22(18(2)28-30)24(31)26-13-12-20-14-27-29(16-20)21-6-4-3-5-7-21/h3-11,14,16H,12-13,15H2,1-2H3,(H,26,31). The monoisotopic (exact) mass is 433 g/mol. The maximum Gasteiger partial charge on any atom is 0.256 e. The van der Waals surface area contributed by atoms with Crippen LogP contribution in [0.25, 0.3) is 5.69 Å². The fourth-order valence-electron chi connectivity index (χ4n) is 3.40. The summed E-state index contributed by atoms with van der Waals surface area (Å²) in [6, 6.07) is 18.1. The molecule has 1 amide bonds. The lowest BCUT2D eigenvalue weighted by atomic mass is 10.1. The molecule has 6 nitrogen and oxygen atoms in total. The number of nitrogens with one attached hydrogen (secondary N) is 1. The normalized spacial score (nSPS) is 10.9. The van der Waals surface area contributed by atoms with Crippen LogP contribution in [-0.2, 0) is 13.0 Å². The van der Waals surface area contributed by atoms with Gasteiger partial charge in [-0.1, -0.05) is 59.6 Å². The molecule has 0 spiro atoms. The van der Waals surface area contributed by atoms with Crippen molar-refractivity contribution in [1.29, 1.82) is 0 Å². The van der Waals surface area contributed by atoms with Gasteiger partial charge in [-0.05, 0) is 43.5 Å². The molecule has 1 N–H and O–H groups in total. The first kappa shape index (κ1) is 20.9. The Hall–Kier alpha value is -3.38. The van der Waals surface area contributed by atoms with E-state index >= 15 is 0 Å². The van der Waals surface area contributed by atoms with Crippen LogP contribution in [0.4, 0.5) is 0 Å². The molecule has 0 aliphatic rings. The summed E-state index contributed by atoms with van der Waals surface area (Å²) in [6.45, 7) is 4.85. The molecule has 0 aliphatic heterocycles. The molecule has 0 saturated heterocycles. The number of aryl methyl sites for hydroxylation is 2. The van der Waals surface area contributed by atoms with Gasteiger partial charge in [0.2, 0.25) is 0 Å². The van der Waals surface area contributed by atoms with E-state index in [4.69, 9.17) is 11.6 Å². The van der Waals surface area contributed by atoms with Gasteiger partial charge in [0.15, 0.2) is 0 Å². The highest BCUT2D eigenvalue weighted by molar-refractivity contribution is 6.33. The van der Waals surface area contributed by atoms with Crippen LogP contribution < -0.4 is 5.32 Å². The van der Waals surface area contributed by atoms with Gasteiger partial charge in [0.05, 0.1) is 29.7 Å². The molecule has 0 atom stereocenters. The van der Waals surface area contributed by atoms with Gasteiger partial charge in [-0.2, -0.15) is 10.2 Å². The lowest BCUT2D eigenvalue weighted by molar-refractivity contribution is 0.0953. The first-order chi connectivity index (χ1) is 15.0. The maximum atomic E-state index is 12.7. The highest BCUT2D eigenvalue weighted by Crippen LogP contribution is 2.21. The molecule has 4 aromatic rings. The van der Waals surface area contributed by atoms with Crippen LogP contribution >= 0.6 is 11.6 Å². The minimum atomic E-state index is -0.215. The Bertz CT molecular complexity index is 1180. The van der Waals surface area contributed by atoms with Gasteiger partial charge in [0.25, 0.3) is 5.91 Å². The highest BCUT2D eigenvalue weighted by Gasteiger charge is 2.20. The average molecular weight is 434 g/mol. The zero-order valence-electron chi connectivity index (χ0n) is 17.5. The number of carbonyl (C=O) groups is 1. The van der Waals surface area contributed by atoms with E-state index in [9.17, 15) is 4.79 Å². The number of halogens is 1. The molecule has 2 aromatic carbocycles. The lowest BCUT2D eigenvalue weighted by Crippen LogP contribution is -2.26. The molecule has 0 aliphatic carbocycles. The van der Waals surface area contributed by atoms with E-state index in [-0.39, 0.29) is 5.91 Å². The molecule has 0 radical (unpaired) electrons. The minimum absolute atomic E-state index is 0.215. The van der Waals surface area contributed by atoms with E-state index in [1.807, 2.05) is 78.6 Å². The van der Waals surface area contributed by atoms with Crippen LogP contribution in [0.15, 0.2) is 67.0 Å². The first-order valence-corrected chi connectivity index (χ1v) is 10.5. The molecule has 0 unspecified atom stereocenters. The van der Waals surface area contributed by atoms with Crippen molar-refractivity contribution in [1.82, 2.24) is 24.9 Å². The molecule has 2 aromatic heterocycles. The van der Waals surface area contributed by atoms with Crippen LogP contribution in [0, 0.1) is 13.8 Å². The number of benzene rings is 2. The Kier molecular flexibility index (Phi) is 6.18. The van der Waals surface area contributed by atoms with E-state index in [1.165, 1.54) is 5.56 Å². The number of amides is 1. The maximum absolute atomic E-state index is 12.7. The highest BCUT2D eigenvalue weighted by atomic mass is 35.5. The average Bonchev–Trinajstić information content (AvgIpc) is 3.35. The van der Waals surface area contributed by atoms with Crippen molar-refractivity contribution in [3.05, 3.63) is 100 Å². The number of hydrogen-bond acceptors (Lipinski definition) is 3. The topological polar surface area (TPSA) is 64.7 Å². The van der Waals surface area contributed by atoms with E-state index in [1.54, 1.807) is 11.6 Å². The van der Waals surface area contributed by atoms with Crippen molar-refractivity contribution in [3.63, 3.8) is 0 Å². The van der Waals surface area contributed by atoms with E-state index in [2.05, 4.69) is 15.5 Å². The Morgan fingerprint density at radius 3 is 2.52 bits per heavy atom. The van der Waals surface area contributed by atoms with Gasteiger partial charge in [-0.3, -0.25) is 4.79 Å². The minimum Gasteiger partial charge on any atom is -0.352 e. The fraction of sp³-hybridized carbons (Fsp3) is 0.208. The molecule has 7 heteroatoms. The van der Waals surface area contributed by atoms with Gasteiger partial charge in [-0.25, -0.2) is 9.36 Å². The largest absolute Gasteiger partial charge is 0.352 e. The van der Waals surface area contributed by atoms with E-state index in [0.717, 1.165) is 16.8 Å². The van der Waals surface area contributed by atoms with Crippen molar-refractivity contribution in [2.45, 2.75) is 26.8 Å². The predicted octanol–water partition coefficient (Wildman–Crippen LogP) is 4.36. The zero-order chi connectivity index (χ0) is 21.8. The number of carbonyl (C=O) groups excluding carboxylic acids is 1. The second kappa shape index (κ2) is 9.18. The number of para-hydroxylation sites is 1. The fourth-order valence-corrected chi connectivity index (χ4v) is 3.72. The molecule has 0 fully saturated rings. The van der Waals surface area contributed by atoms with E-state index < -0.39 is 0 Å². The summed E-state index contributed by atoms with van der Waals surface area (Å²) in [4.78, 5) is 12.7. The number of aromatic nitrogens is 4. The van der Waals surface area contributed by atoms with Crippen molar-refractivity contribution in [3.8, 4) is 5.69 Å². The Balaban J connectivity index is 1.37. The van der Waals surface area contributed by atoms with Crippen molar-refractivity contribution in [2.75, 3.05) is 6.54 Å². The quantitative estimate of drug-likeness (QED) is 0.471. The molecule has 2 heterocycles. The van der Waals surface area contributed by atoms with Crippen LogP contribution in [0.1, 0.15) is 32.7 Å². The van der Waals surface area contributed by atoms with E-state index in [0.29, 0.717) is 35.9 Å². The molecular formula is C24H24ClN5O. The molecule has 0 saturated carbocycles. The summed E-state index contributed by atoms with van der Waals surface area (Å²) in [5.74, 6) is -0.215. The SMILES string of the molecule is Cc1ccc(Cn2nc(C)c(C(=O)NCCc3cnn(-c4ccccc4)c3)c2Cl)cc1. The van der Waals surface area contributed by atoms with Crippen LogP contribution in [0.5, 0.6) is 0 Å². The van der Waals surface area contributed by atoms with Gasteiger partial charge in [-0.15, -0.1) is 0 Å².